The van der Waals surface area contributed by atoms with Crippen LogP contribution in [0.2, 0.25) is 0 Å². The standard InChI is InChI=1S/C25H21F7N6O3/c1-12(36-19-9-35-37-22(40)20(19)25(30,31)32)4-15(26)10-38-3-2-13-5-17(18(27)6-16(13)23(38)41)21-33-7-14(8-34-21)24(28,29)11-39/h2-3,5-9,12,15,39H,4,10-11H2,1H3,(H2,36,37,40)/t12-,15+/m1/s1. The molecule has 218 valence electrons. The van der Waals surface area contributed by atoms with E-state index in [4.69, 9.17) is 5.11 Å². The van der Waals surface area contributed by atoms with Crippen LogP contribution in [-0.2, 0) is 18.6 Å². The number of alkyl halides is 6. The van der Waals surface area contributed by atoms with Crippen molar-refractivity contribution < 1.29 is 35.8 Å². The van der Waals surface area contributed by atoms with Gasteiger partial charge >= 0.3 is 6.18 Å². The van der Waals surface area contributed by atoms with E-state index in [-0.39, 0.29) is 28.6 Å². The zero-order valence-corrected chi connectivity index (χ0v) is 21.0. The van der Waals surface area contributed by atoms with Crippen LogP contribution in [0, 0.1) is 5.82 Å². The maximum atomic E-state index is 14.9. The van der Waals surface area contributed by atoms with Crippen molar-refractivity contribution in [3.8, 4) is 11.4 Å². The normalized spacial score (nSPS) is 13.8. The summed E-state index contributed by atoms with van der Waals surface area (Å²) in [6.07, 6.45) is -3.58. The summed E-state index contributed by atoms with van der Waals surface area (Å²) in [6, 6.07) is 2.58. The van der Waals surface area contributed by atoms with Crippen molar-refractivity contribution in [3.63, 3.8) is 0 Å². The molecule has 0 bridgehead atoms. The summed E-state index contributed by atoms with van der Waals surface area (Å²) in [7, 11) is 0. The summed E-state index contributed by atoms with van der Waals surface area (Å²) in [5, 5.41) is 16.3. The molecule has 16 heteroatoms. The first-order chi connectivity index (χ1) is 19.2. The average Bonchev–Trinajstić information content (AvgIpc) is 2.89. The summed E-state index contributed by atoms with van der Waals surface area (Å²) in [5.74, 6) is -4.78. The van der Waals surface area contributed by atoms with E-state index in [9.17, 15) is 40.3 Å². The molecule has 0 saturated heterocycles. The number of halogens is 7. The molecule has 3 N–H and O–H groups in total. The first-order valence-electron chi connectivity index (χ1n) is 11.9. The molecule has 0 spiro atoms. The minimum Gasteiger partial charge on any atom is -0.390 e. The molecule has 0 amide bonds. The second-order valence-electron chi connectivity index (χ2n) is 9.21. The second kappa shape index (κ2) is 11.3. The Kier molecular flexibility index (Phi) is 8.15. The molecule has 4 aromatic rings. The number of benzene rings is 1. The van der Waals surface area contributed by atoms with Crippen LogP contribution >= 0.6 is 0 Å². The maximum Gasteiger partial charge on any atom is 0.423 e. The highest BCUT2D eigenvalue weighted by Gasteiger charge is 2.37. The number of anilines is 1. The van der Waals surface area contributed by atoms with Crippen molar-refractivity contribution in [1.82, 2.24) is 24.7 Å². The molecule has 0 aliphatic carbocycles. The fourth-order valence-electron chi connectivity index (χ4n) is 4.15. The van der Waals surface area contributed by atoms with Gasteiger partial charge in [0, 0.05) is 31.1 Å². The molecule has 4 rings (SSSR count). The summed E-state index contributed by atoms with van der Waals surface area (Å²) >= 11 is 0. The van der Waals surface area contributed by atoms with Gasteiger partial charge in [-0.1, -0.05) is 0 Å². The highest BCUT2D eigenvalue weighted by Crippen LogP contribution is 2.32. The van der Waals surface area contributed by atoms with Gasteiger partial charge in [-0.05, 0) is 30.5 Å². The minimum atomic E-state index is -4.98. The van der Waals surface area contributed by atoms with E-state index in [1.165, 1.54) is 25.3 Å². The van der Waals surface area contributed by atoms with Gasteiger partial charge in [-0.3, -0.25) is 9.59 Å². The predicted octanol–water partition coefficient (Wildman–Crippen LogP) is 4.01. The first-order valence-corrected chi connectivity index (χ1v) is 11.9. The van der Waals surface area contributed by atoms with Gasteiger partial charge in [-0.2, -0.15) is 27.1 Å². The Hall–Kier alpha value is -4.34. The van der Waals surface area contributed by atoms with E-state index in [0.29, 0.717) is 0 Å². The average molecular weight is 586 g/mol. The monoisotopic (exact) mass is 586 g/mol. The summed E-state index contributed by atoms with van der Waals surface area (Å²) < 4.78 is 97.6. The molecule has 0 unspecified atom stereocenters. The van der Waals surface area contributed by atoms with Crippen LogP contribution in [0.15, 0.2) is 52.6 Å². The Morgan fingerprint density at radius 3 is 2.41 bits per heavy atom. The number of fused-ring (bicyclic) bond motifs is 1. The van der Waals surface area contributed by atoms with E-state index in [2.05, 4.69) is 20.4 Å². The van der Waals surface area contributed by atoms with Crippen LogP contribution in [0.3, 0.4) is 0 Å². The molecule has 0 saturated carbocycles. The second-order valence-corrected chi connectivity index (χ2v) is 9.21. The highest BCUT2D eigenvalue weighted by molar-refractivity contribution is 5.86. The van der Waals surface area contributed by atoms with Crippen LogP contribution < -0.4 is 16.4 Å². The molecule has 0 radical (unpaired) electrons. The molecule has 3 aromatic heterocycles. The predicted molar refractivity (Wildman–Crippen MR) is 133 cm³/mol. The number of aromatic amines is 1. The van der Waals surface area contributed by atoms with Crippen LogP contribution in [0.1, 0.15) is 24.5 Å². The van der Waals surface area contributed by atoms with Crippen LogP contribution in [0.4, 0.5) is 36.4 Å². The lowest BCUT2D eigenvalue weighted by Gasteiger charge is -2.20. The van der Waals surface area contributed by atoms with E-state index in [1.807, 2.05) is 0 Å². The van der Waals surface area contributed by atoms with Crippen LogP contribution in [0.25, 0.3) is 22.2 Å². The van der Waals surface area contributed by atoms with Crippen LogP contribution in [0.5, 0.6) is 0 Å². The van der Waals surface area contributed by atoms with Gasteiger partial charge in [0.15, 0.2) is 5.82 Å². The molecule has 1 aromatic carbocycles. The van der Waals surface area contributed by atoms with Crippen molar-refractivity contribution >= 4 is 16.5 Å². The fourth-order valence-corrected chi connectivity index (χ4v) is 4.15. The van der Waals surface area contributed by atoms with Gasteiger partial charge in [-0.25, -0.2) is 23.8 Å². The largest absolute Gasteiger partial charge is 0.423 e. The molecule has 9 nitrogen and oxygen atoms in total. The van der Waals surface area contributed by atoms with Gasteiger partial charge in [0.2, 0.25) is 0 Å². The Morgan fingerprint density at radius 2 is 1.78 bits per heavy atom. The summed E-state index contributed by atoms with van der Waals surface area (Å²) in [6.45, 7) is -0.590. The Balaban J connectivity index is 1.51. The molecular weight excluding hydrogens is 565 g/mol. The number of aliphatic hydroxyl groups is 1. The fraction of sp³-hybridized carbons (Fsp3) is 0.320. The number of pyridine rings is 1. The van der Waals surface area contributed by atoms with Crippen LogP contribution in [-0.4, -0.2) is 48.7 Å². The third-order valence-corrected chi connectivity index (χ3v) is 6.12. The number of H-pyrrole nitrogens is 1. The van der Waals surface area contributed by atoms with Gasteiger partial charge in [-0.15, -0.1) is 0 Å². The topological polar surface area (TPSA) is 126 Å². The number of nitrogens with zero attached hydrogens (tertiary/aromatic N) is 4. The van der Waals surface area contributed by atoms with E-state index >= 15 is 0 Å². The van der Waals surface area contributed by atoms with Gasteiger partial charge in [0.05, 0.1) is 34.9 Å². The van der Waals surface area contributed by atoms with Gasteiger partial charge in [0.1, 0.15) is 24.2 Å². The quantitative estimate of drug-likeness (QED) is 0.253. The lowest BCUT2D eigenvalue weighted by molar-refractivity contribution is -0.138. The molecule has 3 heterocycles. The van der Waals surface area contributed by atoms with E-state index in [1.54, 1.807) is 5.10 Å². The molecule has 2 atom stereocenters. The molecular formula is C25H21F7N6O3. The molecule has 0 aliphatic rings. The van der Waals surface area contributed by atoms with Gasteiger partial charge in [0.25, 0.3) is 17.0 Å². The number of hydrogen-bond donors (Lipinski definition) is 3. The minimum absolute atomic E-state index is 0.125. The van der Waals surface area contributed by atoms with Crippen molar-refractivity contribution in [2.45, 2.75) is 44.2 Å². The maximum absolute atomic E-state index is 14.9. The van der Waals surface area contributed by atoms with E-state index in [0.717, 1.165) is 29.2 Å². The smallest absolute Gasteiger partial charge is 0.390 e. The Bertz CT molecular complexity index is 1670. The van der Waals surface area contributed by atoms with Crippen molar-refractivity contribution in [2.24, 2.45) is 0 Å². The third kappa shape index (κ3) is 6.37. The zero-order valence-electron chi connectivity index (χ0n) is 21.0. The molecule has 41 heavy (non-hydrogen) atoms. The van der Waals surface area contributed by atoms with Crippen molar-refractivity contribution in [1.29, 1.82) is 0 Å². The Labute approximate surface area is 225 Å². The lowest BCUT2D eigenvalue weighted by Crippen LogP contribution is -2.30. The summed E-state index contributed by atoms with van der Waals surface area (Å²) in [4.78, 5) is 32.0. The highest BCUT2D eigenvalue weighted by atomic mass is 19.4. The third-order valence-electron chi connectivity index (χ3n) is 6.12. The van der Waals surface area contributed by atoms with Crippen molar-refractivity contribution in [2.75, 3.05) is 11.9 Å². The number of aromatic nitrogens is 5. The zero-order chi connectivity index (χ0) is 30.1. The number of hydrogen-bond acceptors (Lipinski definition) is 7. The number of aliphatic hydroxyl groups excluding tert-OH is 1. The lowest BCUT2D eigenvalue weighted by atomic mass is 10.1. The SMILES string of the molecule is C[C@H](C[C@H](F)Cn1ccc2cc(-c3ncc(C(F)(F)CO)cn3)c(F)cc2c1=O)Nc1cn[nH]c(=O)c1C(F)(F)F. The van der Waals surface area contributed by atoms with Crippen molar-refractivity contribution in [3.05, 3.63) is 80.6 Å². The summed E-state index contributed by atoms with van der Waals surface area (Å²) in [5.41, 5.74) is -5.22. The number of nitrogens with one attached hydrogen (secondary N) is 2. The van der Waals surface area contributed by atoms with E-state index < -0.39 is 71.2 Å². The molecule has 0 fully saturated rings. The van der Waals surface area contributed by atoms with Gasteiger partial charge < -0.3 is 15.0 Å². The first kappa shape index (κ1) is 29.6. The molecule has 0 aliphatic heterocycles. The number of rotatable bonds is 9. The Morgan fingerprint density at radius 1 is 1.10 bits per heavy atom.